The second kappa shape index (κ2) is 5.25. The van der Waals surface area contributed by atoms with Crippen LogP contribution in [0, 0.1) is 5.92 Å². The first-order valence-electron chi connectivity index (χ1n) is 5.22. The van der Waals surface area contributed by atoms with E-state index in [2.05, 4.69) is 20.9 Å². The van der Waals surface area contributed by atoms with E-state index in [9.17, 15) is 4.79 Å². The monoisotopic (exact) mass is 304 g/mol. The summed E-state index contributed by atoms with van der Waals surface area (Å²) in [6.07, 6.45) is 3.39. The molecule has 1 aromatic heterocycles. The van der Waals surface area contributed by atoms with Gasteiger partial charge >= 0.3 is 0 Å². The Balaban J connectivity index is 1.96. The molecule has 2 heterocycles. The van der Waals surface area contributed by atoms with Crippen LogP contribution in [-0.2, 0) is 0 Å². The van der Waals surface area contributed by atoms with Crippen LogP contribution in [0.3, 0.4) is 0 Å². The highest BCUT2D eigenvalue weighted by Gasteiger charge is 2.24. The van der Waals surface area contributed by atoms with Gasteiger partial charge in [0.05, 0.1) is 6.20 Å². The van der Waals surface area contributed by atoms with Crippen LogP contribution < -0.4 is 0 Å². The number of thiazole rings is 1. The van der Waals surface area contributed by atoms with Gasteiger partial charge in [-0.3, -0.25) is 4.79 Å². The van der Waals surface area contributed by atoms with E-state index in [4.69, 9.17) is 5.11 Å². The van der Waals surface area contributed by atoms with Gasteiger partial charge < -0.3 is 10.0 Å². The number of carbonyl (C=O) groups is 1. The van der Waals surface area contributed by atoms with Crippen LogP contribution in [-0.4, -0.2) is 40.6 Å². The van der Waals surface area contributed by atoms with E-state index < -0.39 is 0 Å². The molecule has 1 fully saturated rings. The molecule has 1 N–H and O–H groups in total. The fourth-order valence-electron chi connectivity index (χ4n) is 1.83. The number of piperidine rings is 1. The lowest BCUT2D eigenvalue weighted by Gasteiger charge is -2.30. The molecule has 1 aliphatic rings. The zero-order chi connectivity index (χ0) is 11.5. The summed E-state index contributed by atoms with van der Waals surface area (Å²) >= 11 is 4.61. The van der Waals surface area contributed by atoms with Crippen molar-refractivity contribution in [2.24, 2.45) is 5.92 Å². The van der Waals surface area contributed by atoms with Crippen molar-refractivity contribution in [3.63, 3.8) is 0 Å². The van der Waals surface area contributed by atoms with Crippen molar-refractivity contribution in [3.8, 4) is 0 Å². The summed E-state index contributed by atoms with van der Waals surface area (Å²) in [5, 5.41) is 9.02. The number of nitrogens with zero attached hydrogens (tertiary/aromatic N) is 2. The molecular weight excluding hydrogens is 292 g/mol. The molecular formula is C10H13BrN2O2S. The number of hydrogen-bond donors (Lipinski definition) is 1. The van der Waals surface area contributed by atoms with Gasteiger partial charge in [0.2, 0.25) is 0 Å². The molecule has 6 heteroatoms. The summed E-state index contributed by atoms with van der Waals surface area (Å²) in [6, 6.07) is 0. The maximum Gasteiger partial charge on any atom is 0.265 e. The number of amides is 1. The molecule has 1 aliphatic heterocycles. The summed E-state index contributed by atoms with van der Waals surface area (Å²) in [5.41, 5.74) is 0. The first kappa shape index (κ1) is 12.0. The van der Waals surface area contributed by atoms with Gasteiger partial charge in [0, 0.05) is 19.7 Å². The Labute approximate surface area is 106 Å². The molecule has 1 aromatic rings. The van der Waals surface area contributed by atoms with Gasteiger partial charge in [-0.15, -0.1) is 11.3 Å². The van der Waals surface area contributed by atoms with Crippen LogP contribution in [0.4, 0.5) is 0 Å². The van der Waals surface area contributed by atoms with Gasteiger partial charge in [0.15, 0.2) is 3.92 Å². The number of likely N-dealkylation sites (tertiary alicyclic amines) is 1. The fraction of sp³-hybridized carbons (Fsp3) is 0.600. The number of carbonyl (C=O) groups excluding carboxylic acids is 1. The fourth-order valence-corrected chi connectivity index (χ4v) is 3.06. The van der Waals surface area contributed by atoms with Crippen molar-refractivity contribution in [1.82, 2.24) is 9.88 Å². The minimum Gasteiger partial charge on any atom is -0.396 e. The minimum atomic E-state index is 0.0552. The lowest BCUT2D eigenvalue weighted by molar-refractivity contribution is 0.0655. The van der Waals surface area contributed by atoms with Gasteiger partial charge in [-0.2, -0.15) is 0 Å². The average molecular weight is 305 g/mol. The molecule has 16 heavy (non-hydrogen) atoms. The number of halogens is 1. The molecule has 1 amide bonds. The molecule has 88 valence electrons. The number of hydrogen-bond acceptors (Lipinski definition) is 4. The molecule has 4 nitrogen and oxygen atoms in total. The Bertz CT molecular complexity index is 375. The quantitative estimate of drug-likeness (QED) is 0.905. The standard InChI is InChI=1S/C10H13BrN2O2S/c11-10-12-5-8(16-10)9(15)13-3-1-7(6-14)2-4-13/h5,7,14H,1-4,6H2. The summed E-state index contributed by atoms with van der Waals surface area (Å²) in [5.74, 6) is 0.414. The van der Waals surface area contributed by atoms with E-state index in [0.29, 0.717) is 10.8 Å². The Hall–Kier alpha value is -0.460. The third-order valence-electron chi connectivity index (χ3n) is 2.85. The van der Waals surface area contributed by atoms with Crippen LogP contribution >= 0.6 is 27.3 Å². The minimum absolute atomic E-state index is 0.0552. The predicted octanol–water partition coefficient (Wildman–Crippen LogP) is 1.75. The second-order valence-electron chi connectivity index (χ2n) is 3.90. The lowest BCUT2D eigenvalue weighted by Crippen LogP contribution is -2.38. The van der Waals surface area contributed by atoms with E-state index in [1.54, 1.807) is 6.20 Å². The van der Waals surface area contributed by atoms with Crippen molar-refractivity contribution in [2.45, 2.75) is 12.8 Å². The largest absolute Gasteiger partial charge is 0.396 e. The molecule has 0 atom stereocenters. The maximum absolute atomic E-state index is 12.0. The molecule has 1 saturated heterocycles. The molecule has 0 radical (unpaired) electrons. The molecule has 0 bridgehead atoms. The summed E-state index contributed by atoms with van der Waals surface area (Å²) in [6.45, 7) is 1.70. The summed E-state index contributed by atoms with van der Waals surface area (Å²) in [7, 11) is 0. The van der Waals surface area contributed by atoms with Gasteiger partial charge in [-0.25, -0.2) is 4.98 Å². The van der Waals surface area contributed by atoms with Crippen molar-refractivity contribution < 1.29 is 9.90 Å². The van der Waals surface area contributed by atoms with Crippen molar-refractivity contribution in [1.29, 1.82) is 0 Å². The van der Waals surface area contributed by atoms with E-state index in [1.807, 2.05) is 4.90 Å². The molecule has 0 spiro atoms. The molecule has 2 rings (SSSR count). The van der Waals surface area contributed by atoms with Gasteiger partial charge in [-0.1, -0.05) is 0 Å². The molecule has 0 aliphatic carbocycles. The van der Waals surface area contributed by atoms with Crippen molar-refractivity contribution >= 4 is 33.2 Å². The highest BCUT2D eigenvalue weighted by Crippen LogP contribution is 2.23. The normalized spacial score (nSPS) is 17.8. The smallest absolute Gasteiger partial charge is 0.265 e. The first-order valence-corrected chi connectivity index (χ1v) is 6.83. The predicted molar refractivity (Wildman–Crippen MR) is 65.5 cm³/mol. The molecule has 0 unspecified atom stereocenters. The van der Waals surface area contributed by atoms with Crippen LogP contribution in [0.5, 0.6) is 0 Å². The zero-order valence-electron chi connectivity index (χ0n) is 8.73. The number of aliphatic hydroxyl groups excluding tert-OH is 1. The number of aromatic nitrogens is 1. The van der Waals surface area contributed by atoms with Crippen LogP contribution in [0.1, 0.15) is 22.5 Å². The Morgan fingerprint density at radius 2 is 2.31 bits per heavy atom. The summed E-state index contributed by atoms with van der Waals surface area (Å²) in [4.78, 5) is 18.5. The van der Waals surface area contributed by atoms with E-state index >= 15 is 0 Å². The van der Waals surface area contributed by atoms with Crippen LogP contribution in [0.25, 0.3) is 0 Å². The highest BCUT2D eigenvalue weighted by atomic mass is 79.9. The Kier molecular flexibility index (Phi) is 3.94. The average Bonchev–Trinajstić information content (AvgIpc) is 2.75. The Morgan fingerprint density at radius 3 is 2.81 bits per heavy atom. The number of aliphatic hydroxyl groups is 1. The van der Waals surface area contributed by atoms with Gasteiger partial charge in [-0.05, 0) is 34.7 Å². The first-order chi connectivity index (χ1) is 7.70. The molecule has 0 saturated carbocycles. The van der Waals surface area contributed by atoms with E-state index in [0.717, 1.165) is 29.8 Å². The second-order valence-corrected chi connectivity index (χ2v) is 6.20. The maximum atomic E-state index is 12.0. The molecule has 0 aromatic carbocycles. The van der Waals surface area contributed by atoms with Crippen molar-refractivity contribution in [3.05, 3.63) is 15.0 Å². The van der Waals surface area contributed by atoms with Crippen molar-refractivity contribution in [2.75, 3.05) is 19.7 Å². The third-order valence-corrected chi connectivity index (χ3v) is 4.31. The topological polar surface area (TPSA) is 53.4 Å². The lowest BCUT2D eigenvalue weighted by atomic mass is 9.98. The van der Waals surface area contributed by atoms with Gasteiger partial charge in [0.25, 0.3) is 5.91 Å². The van der Waals surface area contributed by atoms with Crippen LogP contribution in [0.15, 0.2) is 10.1 Å². The SMILES string of the molecule is O=C(c1cnc(Br)s1)N1CCC(CO)CC1. The Morgan fingerprint density at radius 1 is 1.62 bits per heavy atom. The third kappa shape index (κ3) is 2.61. The highest BCUT2D eigenvalue weighted by molar-refractivity contribution is 9.11. The van der Waals surface area contributed by atoms with E-state index in [-0.39, 0.29) is 12.5 Å². The summed E-state index contributed by atoms with van der Waals surface area (Å²) < 4.78 is 0.737. The zero-order valence-corrected chi connectivity index (χ0v) is 11.1. The van der Waals surface area contributed by atoms with E-state index in [1.165, 1.54) is 11.3 Å². The van der Waals surface area contributed by atoms with Gasteiger partial charge in [0.1, 0.15) is 4.88 Å². The number of rotatable bonds is 2. The van der Waals surface area contributed by atoms with Crippen LogP contribution in [0.2, 0.25) is 0 Å².